The zero-order valence-corrected chi connectivity index (χ0v) is 13.9. The van der Waals surface area contributed by atoms with Crippen LogP contribution in [0.25, 0.3) is 0 Å². The number of para-hydroxylation sites is 1. The smallest absolute Gasteiger partial charge is 0.0633 e. The molecule has 23 heavy (non-hydrogen) atoms. The zero-order chi connectivity index (χ0) is 15.6. The summed E-state index contributed by atoms with van der Waals surface area (Å²) >= 11 is 1.85. The third-order valence-electron chi connectivity index (χ3n) is 4.09. The van der Waals surface area contributed by atoms with E-state index in [1.165, 1.54) is 26.7 Å². The monoisotopic (exact) mass is 318 g/mol. The van der Waals surface area contributed by atoms with Crippen LogP contribution in [0.4, 0.5) is 11.4 Å². The number of anilines is 1. The molecule has 1 aliphatic heterocycles. The second-order valence-electron chi connectivity index (χ2n) is 5.69. The summed E-state index contributed by atoms with van der Waals surface area (Å²) < 4.78 is 0. The molecule has 3 heteroatoms. The maximum absolute atomic E-state index is 4.80. The van der Waals surface area contributed by atoms with Gasteiger partial charge in [-0.2, -0.15) is 0 Å². The van der Waals surface area contributed by atoms with Crippen LogP contribution in [0.2, 0.25) is 0 Å². The van der Waals surface area contributed by atoms with Crippen LogP contribution in [-0.2, 0) is 6.42 Å². The number of nitrogens with one attached hydrogen (secondary N) is 1. The van der Waals surface area contributed by atoms with Crippen molar-refractivity contribution in [3.8, 4) is 0 Å². The highest BCUT2D eigenvalue weighted by molar-refractivity contribution is 8.03. The summed E-state index contributed by atoms with van der Waals surface area (Å²) in [6.07, 6.45) is 6.21. The first kappa shape index (κ1) is 14.3. The standard InChI is InChI=1S/C20H18N2S/c1-2-14-7-9-15(10-8-14)21-16-11-12-18-20(13-16)23-19-6-4-3-5-17(19)22-18/h3-12,22H,2,13H2,1H3. The highest BCUT2D eigenvalue weighted by Crippen LogP contribution is 2.42. The fourth-order valence-corrected chi connectivity index (χ4v) is 3.87. The Bertz CT molecular complexity index is 829. The second-order valence-corrected chi connectivity index (χ2v) is 6.83. The predicted molar refractivity (Wildman–Crippen MR) is 99.6 cm³/mol. The highest BCUT2D eigenvalue weighted by Gasteiger charge is 2.20. The van der Waals surface area contributed by atoms with Crippen LogP contribution in [-0.4, -0.2) is 5.71 Å². The minimum Gasteiger partial charge on any atom is -0.354 e. The molecule has 0 unspecified atom stereocenters. The Morgan fingerprint density at radius 3 is 2.70 bits per heavy atom. The Morgan fingerprint density at radius 1 is 1.04 bits per heavy atom. The van der Waals surface area contributed by atoms with E-state index < -0.39 is 0 Å². The first-order valence-electron chi connectivity index (χ1n) is 7.93. The SMILES string of the molecule is CCc1ccc(N=C2C=CC3=C(C2)Sc2ccccc2N3)cc1. The van der Waals surface area contributed by atoms with Gasteiger partial charge in [-0.1, -0.05) is 43.0 Å². The molecule has 2 nitrogen and oxygen atoms in total. The van der Waals surface area contributed by atoms with Gasteiger partial charge in [-0.15, -0.1) is 0 Å². The molecule has 114 valence electrons. The van der Waals surface area contributed by atoms with Crippen molar-refractivity contribution in [2.24, 2.45) is 4.99 Å². The fourth-order valence-electron chi connectivity index (χ4n) is 2.78. The first-order valence-corrected chi connectivity index (χ1v) is 8.75. The molecule has 1 N–H and O–H groups in total. The van der Waals surface area contributed by atoms with E-state index in [4.69, 9.17) is 4.99 Å². The van der Waals surface area contributed by atoms with Crippen molar-refractivity contribution in [3.05, 3.63) is 76.8 Å². The molecule has 0 bridgehead atoms. The van der Waals surface area contributed by atoms with Gasteiger partial charge in [-0.3, -0.25) is 4.99 Å². The van der Waals surface area contributed by atoms with Gasteiger partial charge in [0.1, 0.15) is 0 Å². The van der Waals surface area contributed by atoms with Gasteiger partial charge in [0.15, 0.2) is 0 Å². The molecule has 0 fully saturated rings. The lowest BCUT2D eigenvalue weighted by Gasteiger charge is -2.24. The fraction of sp³-hybridized carbons (Fsp3) is 0.150. The molecule has 0 spiro atoms. The Morgan fingerprint density at radius 2 is 1.87 bits per heavy atom. The molecular weight excluding hydrogens is 300 g/mol. The third-order valence-corrected chi connectivity index (χ3v) is 5.28. The second kappa shape index (κ2) is 6.09. The molecule has 0 aromatic heterocycles. The average molecular weight is 318 g/mol. The van der Waals surface area contributed by atoms with E-state index in [2.05, 4.69) is 72.9 Å². The largest absolute Gasteiger partial charge is 0.354 e. The van der Waals surface area contributed by atoms with Gasteiger partial charge >= 0.3 is 0 Å². The number of nitrogens with zero attached hydrogens (tertiary/aromatic N) is 1. The van der Waals surface area contributed by atoms with Crippen LogP contribution in [0.1, 0.15) is 18.9 Å². The highest BCUT2D eigenvalue weighted by atomic mass is 32.2. The summed E-state index contributed by atoms with van der Waals surface area (Å²) in [6, 6.07) is 17.0. The molecule has 1 heterocycles. The maximum atomic E-state index is 4.80. The number of aryl methyl sites for hydroxylation is 1. The van der Waals surface area contributed by atoms with E-state index >= 15 is 0 Å². The minimum atomic E-state index is 0.882. The summed E-state index contributed by atoms with van der Waals surface area (Å²) in [4.78, 5) is 7.42. The molecular formula is C20H18N2S. The Kier molecular flexibility index (Phi) is 3.80. The van der Waals surface area contributed by atoms with Gasteiger partial charge in [0.05, 0.1) is 11.4 Å². The van der Waals surface area contributed by atoms with Crippen molar-refractivity contribution in [3.63, 3.8) is 0 Å². The number of hydrogen-bond donors (Lipinski definition) is 1. The van der Waals surface area contributed by atoms with Gasteiger partial charge in [-0.05, 0) is 48.4 Å². The summed E-state index contributed by atoms with van der Waals surface area (Å²) in [5.41, 5.74) is 5.88. The van der Waals surface area contributed by atoms with Gasteiger partial charge in [0.2, 0.25) is 0 Å². The molecule has 1 aliphatic carbocycles. The van der Waals surface area contributed by atoms with Crippen molar-refractivity contribution < 1.29 is 0 Å². The van der Waals surface area contributed by atoms with Crippen LogP contribution in [0.15, 0.2) is 81.2 Å². The molecule has 0 amide bonds. The number of allylic oxidation sites excluding steroid dienone is 3. The van der Waals surface area contributed by atoms with Crippen LogP contribution in [0.3, 0.4) is 0 Å². The number of thioether (sulfide) groups is 1. The number of benzene rings is 2. The number of rotatable bonds is 2. The molecule has 0 atom stereocenters. The average Bonchev–Trinajstić information content (AvgIpc) is 2.60. The first-order chi connectivity index (χ1) is 11.3. The van der Waals surface area contributed by atoms with Crippen molar-refractivity contribution in [2.45, 2.75) is 24.7 Å². The molecule has 0 saturated carbocycles. The summed E-state index contributed by atoms with van der Waals surface area (Å²) in [7, 11) is 0. The normalized spacial score (nSPS) is 17.7. The van der Waals surface area contributed by atoms with E-state index in [0.717, 1.165) is 24.2 Å². The van der Waals surface area contributed by atoms with E-state index in [1.54, 1.807) is 0 Å². The quantitative estimate of drug-likeness (QED) is 0.767. The van der Waals surface area contributed by atoms with Crippen LogP contribution in [0, 0.1) is 0 Å². The number of fused-ring (bicyclic) bond motifs is 1. The van der Waals surface area contributed by atoms with E-state index in [-0.39, 0.29) is 0 Å². The van der Waals surface area contributed by atoms with Crippen LogP contribution >= 0.6 is 11.8 Å². The minimum absolute atomic E-state index is 0.882. The number of hydrogen-bond acceptors (Lipinski definition) is 3. The summed E-state index contributed by atoms with van der Waals surface area (Å²) in [5.74, 6) is 0. The molecule has 0 radical (unpaired) electrons. The number of aliphatic imine (C=N–C) groups is 1. The van der Waals surface area contributed by atoms with E-state index in [9.17, 15) is 0 Å². The van der Waals surface area contributed by atoms with Gasteiger partial charge in [0, 0.05) is 27.6 Å². The van der Waals surface area contributed by atoms with Gasteiger partial charge in [0.25, 0.3) is 0 Å². The Balaban J connectivity index is 1.56. The predicted octanol–water partition coefficient (Wildman–Crippen LogP) is 5.71. The molecule has 0 saturated heterocycles. The van der Waals surface area contributed by atoms with Crippen LogP contribution < -0.4 is 5.32 Å². The van der Waals surface area contributed by atoms with Crippen LogP contribution in [0.5, 0.6) is 0 Å². The van der Waals surface area contributed by atoms with Gasteiger partial charge in [-0.25, -0.2) is 0 Å². The molecule has 4 rings (SSSR count). The van der Waals surface area contributed by atoms with E-state index in [0.29, 0.717) is 0 Å². The van der Waals surface area contributed by atoms with Crippen molar-refractivity contribution >= 4 is 28.8 Å². The maximum Gasteiger partial charge on any atom is 0.0633 e. The lowest BCUT2D eigenvalue weighted by molar-refractivity contribution is 1.14. The Labute approximate surface area is 141 Å². The molecule has 2 aromatic rings. The third kappa shape index (κ3) is 2.97. The topological polar surface area (TPSA) is 24.4 Å². The molecule has 2 aromatic carbocycles. The zero-order valence-electron chi connectivity index (χ0n) is 13.0. The lowest BCUT2D eigenvalue weighted by atomic mass is 10.1. The van der Waals surface area contributed by atoms with Crippen molar-refractivity contribution in [1.29, 1.82) is 0 Å². The van der Waals surface area contributed by atoms with Crippen molar-refractivity contribution in [1.82, 2.24) is 0 Å². The van der Waals surface area contributed by atoms with E-state index in [1.807, 2.05) is 11.8 Å². The van der Waals surface area contributed by atoms with Crippen molar-refractivity contribution in [2.75, 3.05) is 5.32 Å². The Hall–Kier alpha value is -2.26. The summed E-state index contributed by atoms with van der Waals surface area (Å²) in [5, 5.41) is 3.52. The molecule has 2 aliphatic rings. The summed E-state index contributed by atoms with van der Waals surface area (Å²) in [6.45, 7) is 2.17. The van der Waals surface area contributed by atoms with Gasteiger partial charge < -0.3 is 5.32 Å². The lowest BCUT2D eigenvalue weighted by Crippen LogP contribution is -2.12.